The van der Waals surface area contributed by atoms with Gasteiger partial charge in [0.05, 0.1) is 5.69 Å². The molecule has 1 aromatic heterocycles. The third-order valence-corrected chi connectivity index (χ3v) is 4.96. The second-order valence-corrected chi connectivity index (χ2v) is 7.31. The van der Waals surface area contributed by atoms with E-state index in [0.717, 1.165) is 16.9 Å². The number of piperazine rings is 1. The molecule has 0 unspecified atom stereocenters. The summed E-state index contributed by atoms with van der Waals surface area (Å²) in [6.45, 7) is 8.64. The summed E-state index contributed by atoms with van der Waals surface area (Å²) in [4.78, 5) is 29.2. The highest BCUT2D eigenvalue weighted by Gasteiger charge is 2.35. The molecule has 0 N–H and O–H groups in total. The van der Waals surface area contributed by atoms with Crippen LogP contribution in [-0.2, 0) is 11.8 Å². The topological polar surface area (TPSA) is 58.4 Å². The number of aromatic nitrogens is 2. The quantitative estimate of drug-likeness (QED) is 0.851. The Balaban J connectivity index is 1.83. The molecular formula is C20H26N4O2. The van der Waals surface area contributed by atoms with Crippen LogP contribution in [0.5, 0.6) is 0 Å². The summed E-state index contributed by atoms with van der Waals surface area (Å²) >= 11 is 0. The van der Waals surface area contributed by atoms with E-state index in [1.807, 2.05) is 58.0 Å². The Morgan fingerprint density at radius 1 is 1.27 bits per heavy atom. The fraction of sp³-hybridized carbons (Fsp3) is 0.450. The molecule has 6 heteroatoms. The van der Waals surface area contributed by atoms with E-state index >= 15 is 0 Å². The second kappa shape index (κ2) is 6.94. The number of para-hydroxylation sites is 1. The van der Waals surface area contributed by atoms with Crippen molar-refractivity contribution in [1.82, 2.24) is 14.7 Å². The van der Waals surface area contributed by atoms with Crippen molar-refractivity contribution >= 4 is 17.5 Å². The number of carbonyl (C=O) groups is 2. The van der Waals surface area contributed by atoms with Crippen LogP contribution < -0.4 is 4.90 Å². The Hall–Kier alpha value is -2.63. The molecule has 2 heterocycles. The number of hydrogen-bond acceptors (Lipinski definition) is 3. The summed E-state index contributed by atoms with van der Waals surface area (Å²) in [5.74, 6) is 0.0499. The first-order chi connectivity index (χ1) is 12.3. The summed E-state index contributed by atoms with van der Waals surface area (Å²) < 4.78 is 1.61. The SMILES string of the molecule is Cc1ccccc1N1C[C@H](C)N(C(=O)c2cc(C(C)C)nn2C)CC1=O. The van der Waals surface area contributed by atoms with Crippen LogP contribution in [0.2, 0.25) is 0 Å². The number of aryl methyl sites for hydroxylation is 2. The summed E-state index contributed by atoms with van der Waals surface area (Å²) in [6, 6.07) is 9.60. The van der Waals surface area contributed by atoms with E-state index < -0.39 is 0 Å². The summed E-state index contributed by atoms with van der Waals surface area (Å²) in [6.07, 6.45) is 0. The number of nitrogens with zero attached hydrogens (tertiary/aromatic N) is 4. The molecule has 0 spiro atoms. The Kier molecular flexibility index (Phi) is 4.85. The zero-order chi connectivity index (χ0) is 19.0. The first-order valence-corrected chi connectivity index (χ1v) is 9.00. The van der Waals surface area contributed by atoms with Crippen LogP contribution in [0.3, 0.4) is 0 Å². The molecule has 1 atom stereocenters. The molecule has 2 aromatic rings. The summed E-state index contributed by atoms with van der Waals surface area (Å²) in [5, 5.41) is 4.42. The number of rotatable bonds is 3. The zero-order valence-electron chi connectivity index (χ0n) is 16.1. The molecule has 0 bridgehead atoms. The smallest absolute Gasteiger partial charge is 0.272 e. The van der Waals surface area contributed by atoms with Gasteiger partial charge in [0, 0.05) is 25.3 Å². The molecule has 1 aromatic carbocycles. The monoisotopic (exact) mass is 354 g/mol. The first-order valence-electron chi connectivity index (χ1n) is 9.00. The maximum atomic E-state index is 13.0. The van der Waals surface area contributed by atoms with Gasteiger partial charge in [0.15, 0.2) is 0 Å². The van der Waals surface area contributed by atoms with Gasteiger partial charge in [-0.3, -0.25) is 14.3 Å². The maximum Gasteiger partial charge on any atom is 0.272 e. The van der Waals surface area contributed by atoms with Crippen LogP contribution >= 0.6 is 0 Å². The highest BCUT2D eigenvalue weighted by molar-refractivity contribution is 6.01. The Morgan fingerprint density at radius 2 is 1.96 bits per heavy atom. The number of hydrogen-bond donors (Lipinski definition) is 0. The van der Waals surface area contributed by atoms with Crippen LogP contribution in [0.4, 0.5) is 5.69 Å². The molecule has 1 saturated heterocycles. The molecule has 0 radical (unpaired) electrons. The lowest BCUT2D eigenvalue weighted by Gasteiger charge is -2.39. The largest absolute Gasteiger partial charge is 0.323 e. The lowest BCUT2D eigenvalue weighted by Crippen LogP contribution is -2.57. The molecule has 1 fully saturated rings. The van der Waals surface area contributed by atoms with Crippen molar-refractivity contribution < 1.29 is 9.59 Å². The molecule has 6 nitrogen and oxygen atoms in total. The van der Waals surface area contributed by atoms with Crippen molar-refractivity contribution in [2.24, 2.45) is 7.05 Å². The normalized spacial score (nSPS) is 17.9. The molecule has 1 aliphatic rings. The van der Waals surface area contributed by atoms with E-state index in [-0.39, 0.29) is 30.3 Å². The van der Waals surface area contributed by atoms with Gasteiger partial charge >= 0.3 is 0 Å². The highest BCUT2D eigenvalue weighted by Crippen LogP contribution is 2.25. The lowest BCUT2D eigenvalue weighted by atomic mass is 10.1. The Labute approximate surface area is 154 Å². The van der Waals surface area contributed by atoms with E-state index in [0.29, 0.717) is 12.2 Å². The molecule has 0 saturated carbocycles. The van der Waals surface area contributed by atoms with Crippen LogP contribution in [0.1, 0.15) is 48.4 Å². The van der Waals surface area contributed by atoms with Crippen molar-refractivity contribution in [2.75, 3.05) is 18.0 Å². The van der Waals surface area contributed by atoms with Crippen LogP contribution in [0, 0.1) is 6.92 Å². The van der Waals surface area contributed by atoms with Gasteiger partial charge in [-0.05, 0) is 37.5 Å². The van der Waals surface area contributed by atoms with Crippen molar-refractivity contribution in [3.05, 3.63) is 47.3 Å². The fourth-order valence-electron chi connectivity index (χ4n) is 3.34. The third kappa shape index (κ3) is 3.23. The minimum atomic E-state index is -0.141. The number of carbonyl (C=O) groups excluding carboxylic acids is 2. The van der Waals surface area contributed by atoms with E-state index in [1.165, 1.54) is 0 Å². The van der Waals surface area contributed by atoms with Crippen molar-refractivity contribution in [2.45, 2.75) is 39.7 Å². The predicted molar refractivity (Wildman–Crippen MR) is 101 cm³/mol. The van der Waals surface area contributed by atoms with E-state index in [4.69, 9.17) is 0 Å². The predicted octanol–water partition coefficient (Wildman–Crippen LogP) is 2.73. The second-order valence-electron chi connectivity index (χ2n) is 7.31. The Morgan fingerprint density at radius 3 is 2.58 bits per heavy atom. The maximum absolute atomic E-state index is 13.0. The summed E-state index contributed by atoms with van der Waals surface area (Å²) in [5.41, 5.74) is 3.38. The number of anilines is 1. The summed E-state index contributed by atoms with van der Waals surface area (Å²) in [7, 11) is 1.77. The minimum Gasteiger partial charge on any atom is -0.323 e. The van der Waals surface area contributed by atoms with Gasteiger partial charge in [-0.15, -0.1) is 0 Å². The van der Waals surface area contributed by atoms with Crippen LogP contribution in [0.15, 0.2) is 30.3 Å². The van der Waals surface area contributed by atoms with E-state index in [9.17, 15) is 9.59 Å². The molecule has 138 valence electrons. The first kappa shape index (κ1) is 18.2. The molecule has 1 aliphatic heterocycles. The van der Waals surface area contributed by atoms with Gasteiger partial charge in [-0.25, -0.2) is 0 Å². The van der Waals surface area contributed by atoms with Crippen LogP contribution in [0.25, 0.3) is 0 Å². The van der Waals surface area contributed by atoms with Gasteiger partial charge in [0.25, 0.3) is 5.91 Å². The molecule has 2 amide bonds. The molecule has 3 rings (SSSR count). The highest BCUT2D eigenvalue weighted by atomic mass is 16.2. The van der Waals surface area contributed by atoms with Gasteiger partial charge < -0.3 is 9.80 Å². The standard InChI is InChI=1S/C20H26N4O2/c1-13(2)16-10-18(22(5)21-16)20(26)23-12-19(25)24(11-15(23)4)17-9-7-6-8-14(17)3/h6-10,13,15H,11-12H2,1-5H3/t15-/m0/s1. The van der Waals surface area contributed by atoms with Crippen LogP contribution in [-0.4, -0.2) is 45.6 Å². The average molecular weight is 354 g/mol. The van der Waals surface area contributed by atoms with Gasteiger partial charge in [0.1, 0.15) is 12.2 Å². The number of benzene rings is 1. The van der Waals surface area contributed by atoms with Crippen molar-refractivity contribution in [3.63, 3.8) is 0 Å². The van der Waals surface area contributed by atoms with Gasteiger partial charge in [0.2, 0.25) is 5.91 Å². The third-order valence-electron chi connectivity index (χ3n) is 4.96. The molecule has 26 heavy (non-hydrogen) atoms. The van der Waals surface area contributed by atoms with E-state index in [1.54, 1.807) is 21.5 Å². The average Bonchev–Trinajstić information content (AvgIpc) is 2.99. The van der Waals surface area contributed by atoms with Gasteiger partial charge in [-0.1, -0.05) is 32.0 Å². The Bertz CT molecular complexity index is 840. The van der Waals surface area contributed by atoms with E-state index in [2.05, 4.69) is 5.10 Å². The lowest BCUT2D eigenvalue weighted by molar-refractivity contribution is -0.121. The molecular weight excluding hydrogens is 328 g/mol. The van der Waals surface area contributed by atoms with Crippen molar-refractivity contribution in [1.29, 1.82) is 0 Å². The number of amides is 2. The fourth-order valence-corrected chi connectivity index (χ4v) is 3.34. The van der Waals surface area contributed by atoms with Crippen molar-refractivity contribution in [3.8, 4) is 0 Å². The zero-order valence-corrected chi connectivity index (χ0v) is 16.1. The molecule has 0 aliphatic carbocycles. The van der Waals surface area contributed by atoms with Gasteiger partial charge in [-0.2, -0.15) is 5.10 Å². The minimum absolute atomic E-state index is 0.0583.